The highest BCUT2D eigenvalue weighted by Crippen LogP contribution is 2.39. The summed E-state index contributed by atoms with van der Waals surface area (Å²) in [6.45, 7) is 3.96. The van der Waals surface area contributed by atoms with Crippen LogP contribution in [0.2, 0.25) is 0 Å². The lowest BCUT2D eigenvalue weighted by molar-refractivity contribution is -0.113. The zero-order valence-corrected chi connectivity index (χ0v) is 16.5. The number of nitrogens with one attached hydrogen (secondary N) is 1. The number of amides is 1. The SMILES string of the molecule is Cc1nc(NC(=O)CSc2ncnc3sc4c(c23)CCCC4)sc1C. The lowest BCUT2D eigenvalue weighted by Gasteiger charge is -2.11. The minimum Gasteiger partial charge on any atom is -0.301 e. The molecule has 3 heterocycles. The smallest absolute Gasteiger partial charge is 0.236 e. The number of hydrogen-bond acceptors (Lipinski definition) is 7. The molecule has 1 aliphatic carbocycles. The summed E-state index contributed by atoms with van der Waals surface area (Å²) in [5, 5.41) is 5.64. The third-order valence-corrected chi connectivity index (χ3v) is 7.51. The Hall–Kier alpha value is -1.51. The van der Waals surface area contributed by atoms with Gasteiger partial charge in [-0.25, -0.2) is 15.0 Å². The number of rotatable bonds is 4. The molecule has 3 aromatic heterocycles. The number of hydrogen-bond donors (Lipinski definition) is 1. The van der Waals surface area contributed by atoms with Gasteiger partial charge in [0.05, 0.1) is 11.4 Å². The van der Waals surface area contributed by atoms with Crippen molar-refractivity contribution in [2.24, 2.45) is 0 Å². The van der Waals surface area contributed by atoms with Gasteiger partial charge in [-0.15, -0.1) is 22.7 Å². The first-order valence-electron chi connectivity index (χ1n) is 8.23. The maximum atomic E-state index is 12.3. The van der Waals surface area contributed by atoms with Gasteiger partial charge < -0.3 is 5.32 Å². The maximum absolute atomic E-state index is 12.3. The van der Waals surface area contributed by atoms with Crippen molar-refractivity contribution in [2.75, 3.05) is 11.1 Å². The monoisotopic (exact) mass is 390 g/mol. The topological polar surface area (TPSA) is 67.8 Å². The summed E-state index contributed by atoms with van der Waals surface area (Å²) >= 11 is 4.78. The fourth-order valence-corrected chi connectivity index (χ4v) is 5.94. The van der Waals surface area contributed by atoms with Gasteiger partial charge in [0.25, 0.3) is 0 Å². The molecule has 3 aromatic rings. The van der Waals surface area contributed by atoms with Gasteiger partial charge in [0, 0.05) is 15.1 Å². The zero-order valence-electron chi connectivity index (χ0n) is 14.1. The van der Waals surface area contributed by atoms with E-state index in [1.807, 2.05) is 13.8 Å². The molecule has 0 aromatic carbocycles. The average molecular weight is 391 g/mol. The Morgan fingerprint density at radius 1 is 1.24 bits per heavy atom. The predicted octanol–water partition coefficient (Wildman–Crippen LogP) is 4.37. The van der Waals surface area contributed by atoms with E-state index in [9.17, 15) is 4.79 Å². The van der Waals surface area contributed by atoms with Crippen molar-refractivity contribution in [1.82, 2.24) is 15.0 Å². The second kappa shape index (κ2) is 7.01. The average Bonchev–Trinajstić information content (AvgIpc) is 3.13. The molecule has 0 atom stereocenters. The van der Waals surface area contributed by atoms with E-state index in [-0.39, 0.29) is 5.91 Å². The van der Waals surface area contributed by atoms with E-state index in [1.165, 1.54) is 51.8 Å². The van der Waals surface area contributed by atoms with Crippen LogP contribution in [0.1, 0.15) is 33.9 Å². The van der Waals surface area contributed by atoms with Crippen LogP contribution >= 0.6 is 34.4 Å². The van der Waals surface area contributed by atoms with Gasteiger partial charge in [-0.1, -0.05) is 11.8 Å². The highest BCUT2D eigenvalue weighted by Gasteiger charge is 2.20. The van der Waals surface area contributed by atoms with Crippen molar-refractivity contribution in [3.05, 3.63) is 27.3 Å². The van der Waals surface area contributed by atoms with Crippen LogP contribution < -0.4 is 5.32 Å². The Morgan fingerprint density at radius 2 is 2.08 bits per heavy atom. The Bertz CT molecular complexity index is 927. The molecular formula is C17H18N4OS3. The molecule has 0 bridgehead atoms. The van der Waals surface area contributed by atoms with E-state index < -0.39 is 0 Å². The largest absolute Gasteiger partial charge is 0.301 e. The van der Waals surface area contributed by atoms with Crippen LogP contribution in [-0.2, 0) is 17.6 Å². The molecule has 0 radical (unpaired) electrons. The van der Waals surface area contributed by atoms with Crippen LogP contribution in [0.5, 0.6) is 0 Å². The summed E-state index contributed by atoms with van der Waals surface area (Å²) in [7, 11) is 0. The first-order valence-corrected chi connectivity index (χ1v) is 10.9. The van der Waals surface area contributed by atoms with Crippen LogP contribution in [0.3, 0.4) is 0 Å². The van der Waals surface area contributed by atoms with Gasteiger partial charge in [-0.2, -0.15) is 0 Å². The van der Waals surface area contributed by atoms with Crippen LogP contribution in [0.4, 0.5) is 5.13 Å². The number of thioether (sulfide) groups is 1. The van der Waals surface area contributed by atoms with Gasteiger partial charge in [-0.05, 0) is 45.1 Å². The third kappa shape index (κ3) is 3.43. The first-order chi connectivity index (χ1) is 12.1. The van der Waals surface area contributed by atoms with E-state index >= 15 is 0 Å². The predicted molar refractivity (Wildman–Crippen MR) is 105 cm³/mol. The van der Waals surface area contributed by atoms with E-state index in [0.29, 0.717) is 10.9 Å². The van der Waals surface area contributed by atoms with Crippen LogP contribution in [0.15, 0.2) is 11.4 Å². The highest BCUT2D eigenvalue weighted by molar-refractivity contribution is 8.00. The van der Waals surface area contributed by atoms with E-state index in [2.05, 4.69) is 20.3 Å². The van der Waals surface area contributed by atoms with Gasteiger partial charge in [0.15, 0.2) is 5.13 Å². The van der Waals surface area contributed by atoms with Crippen molar-refractivity contribution in [3.8, 4) is 0 Å². The van der Waals surface area contributed by atoms with Gasteiger partial charge in [0.1, 0.15) is 16.2 Å². The summed E-state index contributed by atoms with van der Waals surface area (Å²) in [5.74, 6) is 0.281. The summed E-state index contributed by atoms with van der Waals surface area (Å²) in [6.07, 6.45) is 6.33. The number of nitrogens with zero attached hydrogens (tertiary/aromatic N) is 3. The van der Waals surface area contributed by atoms with E-state index in [4.69, 9.17) is 0 Å². The summed E-state index contributed by atoms with van der Waals surface area (Å²) in [6, 6.07) is 0. The van der Waals surface area contributed by atoms with Crippen molar-refractivity contribution in [2.45, 2.75) is 44.6 Å². The Labute approximate surface area is 158 Å². The fourth-order valence-electron chi connectivity index (χ4n) is 2.99. The van der Waals surface area contributed by atoms with Crippen molar-refractivity contribution >= 4 is 55.7 Å². The molecule has 0 aliphatic heterocycles. The number of thiophene rings is 1. The van der Waals surface area contributed by atoms with Crippen LogP contribution in [-0.4, -0.2) is 26.6 Å². The lowest BCUT2D eigenvalue weighted by atomic mass is 9.97. The molecule has 0 spiro atoms. The Kier molecular flexibility index (Phi) is 4.75. The van der Waals surface area contributed by atoms with Crippen molar-refractivity contribution in [3.63, 3.8) is 0 Å². The quantitative estimate of drug-likeness (QED) is 0.529. The molecule has 4 rings (SSSR count). The van der Waals surface area contributed by atoms with Crippen LogP contribution in [0.25, 0.3) is 10.2 Å². The second-order valence-electron chi connectivity index (χ2n) is 6.07. The molecule has 1 amide bonds. The number of aromatic nitrogens is 3. The minimum atomic E-state index is -0.0467. The van der Waals surface area contributed by atoms with Gasteiger partial charge in [0.2, 0.25) is 5.91 Å². The molecule has 0 saturated heterocycles. The third-order valence-electron chi connectivity index (χ3n) is 4.33. The number of thiazole rings is 1. The molecule has 25 heavy (non-hydrogen) atoms. The minimum absolute atomic E-state index is 0.0467. The van der Waals surface area contributed by atoms with Gasteiger partial charge in [-0.3, -0.25) is 4.79 Å². The molecule has 130 valence electrons. The molecule has 0 fully saturated rings. The van der Waals surface area contributed by atoms with Crippen molar-refractivity contribution in [1.29, 1.82) is 0 Å². The highest BCUT2D eigenvalue weighted by atomic mass is 32.2. The molecule has 5 nitrogen and oxygen atoms in total. The summed E-state index contributed by atoms with van der Waals surface area (Å²) in [4.78, 5) is 29.1. The molecular weight excluding hydrogens is 372 g/mol. The standard InChI is InChI=1S/C17H18N4OS3/c1-9-10(2)24-17(20-9)21-13(22)7-23-15-14-11-5-3-4-6-12(11)25-16(14)19-8-18-15/h8H,3-7H2,1-2H3,(H,20,21,22). The van der Waals surface area contributed by atoms with Gasteiger partial charge >= 0.3 is 0 Å². The number of carbonyl (C=O) groups is 1. The number of carbonyl (C=O) groups excluding carboxylic acids is 1. The van der Waals surface area contributed by atoms with Crippen molar-refractivity contribution < 1.29 is 4.79 Å². The number of fused-ring (bicyclic) bond motifs is 3. The summed E-state index contributed by atoms with van der Waals surface area (Å²) in [5.41, 5.74) is 2.37. The number of aryl methyl sites for hydroxylation is 4. The molecule has 8 heteroatoms. The molecule has 1 N–H and O–H groups in total. The zero-order chi connectivity index (χ0) is 17.4. The first kappa shape index (κ1) is 16.9. The lowest BCUT2D eigenvalue weighted by Crippen LogP contribution is -2.14. The van der Waals surface area contributed by atoms with Crippen LogP contribution in [0, 0.1) is 13.8 Å². The molecule has 0 saturated carbocycles. The van der Waals surface area contributed by atoms with E-state index in [0.717, 1.165) is 33.3 Å². The van der Waals surface area contributed by atoms with E-state index in [1.54, 1.807) is 17.7 Å². The summed E-state index contributed by atoms with van der Waals surface area (Å²) < 4.78 is 0. The fraction of sp³-hybridized carbons (Fsp3) is 0.412. The normalized spacial score (nSPS) is 13.8. The molecule has 1 aliphatic rings. The Morgan fingerprint density at radius 3 is 2.88 bits per heavy atom. The molecule has 0 unspecified atom stereocenters. The maximum Gasteiger partial charge on any atom is 0.236 e. The Balaban J connectivity index is 1.51. The second-order valence-corrected chi connectivity index (χ2v) is 9.32. The number of anilines is 1.